The van der Waals surface area contributed by atoms with E-state index in [1.807, 2.05) is 0 Å². The van der Waals surface area contributed by atoms with Crippen molar-refractivity contribution in [2.75, 3.05) is 44.9 Å². The summed E-state index contributed by atoms with van der Waals surface area (Å²) in [5.41, 5.74) is 1.55. The van der Waals surface area contributed by atoms with Crippen LogP contribution in [-0.4, -0.2) is 73.2 Å². The third kappa shape index (κ3) is 5.97. The quantitative estimate of drug-likeness (QED) is 0.674. The van der Waals surface area contributed by atoms with Crippen LogP contribution in [0.25, 0.3) is 0 Å². The van der Waals surface area contributed by atoms with E-state index in [4.69, 9.17) is 0 Å². The van der Waals surface area contributed by atoms with E-state index < -0.39 is 22.1 Å². The number of amides is 2. The summed E-state index contributed by atoms with van der Waals surface area (Å²) in [5.74, 6) is -0.461. The van der Waals surface area contributed by atoms with Crippen LogP contribution in [0.2, 0.25) is 0 Å². The molecule has 9 nitrogen and oxygen atoms in total. The highest BCUT2D eigenvalue weighted by atomic mass is 32.2. The number of carbonyl (C=O) groups excluding carboxylic acids is 1. The smallest absolute Gasteiger partial charge is 0.308 e. The number of nitrogens with zero attached hydrogens (tertiary/aromatic N) is 4. The molecule has 0 unspecified atom stereocenters. The maximum Gasteiger partial charge on any atom is 0.323 e. The zero-order valence-electron chi connectivity index (χ0n) is 17.7. The van der Waals surface area contributed by atoms with E-state index >= 15 is 0 Å². The zero-order valence-corrected chi connectivity index (χ0v) is 18.6. The van der Waals surface area contributed by atoms with Crippen LogP contribution in [0.15, 0.2) is 42.7 Å². The number of urea groups is 1. The summed E-state index contributed by atoms with van der Waals surface area (Å²) < 4.78 is 41.4. The van der Waals surface area contributed by atoms with Gasteiger partial charge < -0.3 is 10.6 Å². The Morgan fingerprint density at radius 3 is 2.65 bits per heavy atom. The molecule has 1 fully saturated rings. The highest BCUT2D eigenvalue weighted by molar-refractivity contribution is 7.86. The molecule has 3 rings (SSSR count). The van der Waals surface area contributed by atoms with Crippen LogP contribution >= 0.6 is 0 Å². The summed E-state index contributed by atoms with van der Waals surface area (Å²) in [6.45, 7) is 1.69. The molecular formula is C20H27FN6O3S. The van der Waals surface area contributed by atoms with Gasteiger partial charge in [-0.3, -0.25) is 9.88 Å². The number of nitrogens with one attached hydrogen (secondary N) is 2. The molecule has 2 N–H and O–H groups in total. The minimum absolute atomic E-state index is 0.149. The fraction of sp³-hybridized carbons (Fsp3) is 0.400. The Hall–Kier alpha value is -2.60. The summed E-state index contributed by atoms with van der Waals surface area (Å²) in [4.78, 5) is 18.2. The van der Waals surface area contributed by atoms with Gasteiger partial charge in [0.1, 0.15) is 5.82 Å². The average Bonchev–Trinajstić information content (AvgIpc) is 3.15. The first-order chi connectivity index (χ1) is 14.6. The predicted octanol–water partition coefficient (Wildman–Crippen LogP) is 2.18. The first kappa shape index (κ1) is 23.1. The highest BCUT2D eigenvalue weighted by Crippen LogP contribution is 2.22. The molecule has 0 spiro atoms. The summed E-state index contributed by atoms with van der Waals surface area (Å²) in [5, 5.41) is 5.26. The van der Waals surface area contributed by atoms with Crippen molar-refractivity contribution in [1.29, 1.82) is 0 Å². The third-order valence-corrected chi connectivity index (χ3v) is 7.08. The predicted molar refractivity (Wildman–Crippen MR) is 117 cm³/mol. The van der Waals surface area contributed by atoms with Gasteiger partial charge in [0.05, 0.1) is 11.9 Å². The molecule has 0 bridgehead atoms. The summed E-state index contributed by atoms with van der Waals surface area (Å²) in [7, 11) is 1.10. The van der Waals surface area contributed by atoms with Gasteiger partial charge in [0.15, 0.2) is 0 Å². The number of benzene rings is 1. The molecule has 1 aliphatic heterocycles. The van der Waals surface area contributed by atoms with E-state index in [1.54, 1.807) is 31.4 Å². The van der Waals surface area contributed by atoms with E-state index in [2.05, 4.69) is 20.5 Å². The molecule has 168 valence electrons. The second kappa shape index (κ2) is 9.69. The topological polar surface area (TPSA) is 97.9 Å². The monoisotopic (exact) mass is 450 g/mol. The Morgan fingerprint density at radius 2 is 1.97 bits per heavy atom. The second-order valence-corrected chi connectivity index (χ2v) is 9.85. The molecule has 1 saturated heterocycles. The SMILES string of the molecule is CN(C)S(=O)(=O)N(C)[C@H]1CCN(Cc2cc(F)cc(NC(=O)Nc3cccnc3)c2)C1. The molecule has 1 aromatic heterocycles. The number of likely N-dealkylation sites (N-methyl/N-ethyl adjacent to an activating group) is 1. The minimum atomic E-state index is -3.49. The van der Waals surface area contributed by atoms with Gasteiger partial charge in [-0.25, -0.2) is 9.18 Å². The lowest BCUT2D eigenvalue weighted by Crippen LogP contribution is -2.44. The second-order valence-electron chi connectivity index (χ2n) is 7.65. The number of aromatic nitrogens is 1. The molecular weight excluding hydrogens is 423 g/mol. The van der Waals surface area contributed by atoms with Crippen LogP contribution in [0.4, 0.5) is 20.6 Å². The minimum Gasteiger partial charge on any atom is -0.308 e. The van der Waals surface area contributed by atoms with Crippen LogP contribution in [0.5, 0.6) is 0 Å². The van der Waals surface area contributed by atoms with Gasteiger partial charge in [-0.15, -0.1) is 0 Å². The van der Waals surface area contributed by atoms with E-state index in [0.29, 0.717) is 43.0 Å². The Bertz CT molecular complexity index is 1020. The third-order valence-electron chi connectivity index (χ3n) is 5.13. The number of rotatable bonds is 7. The van der Waals surface area contributed by atoms with Crippen LogP contribution < -0.4 is 10.6 Å². The standard InChI is InChI=1S/C20H27FN6O3S/c1-25(2)31(29,30)26(3)19-6-8-27(14-19)13-15-9-16(21)11-18(10-15)24-20(28)23-17-5-4-7-22-12-17/h4-5,7,9-12,19H,6,8,13-14H2,1-3H3,(H2,23,24,28)/t19-/m0/s1. The molecule has 31 heavy (non-hydrogen) atoms. The Morgan fingerprint density at radius 1 is 1.23 bits per heavy atom. The number of halogens is 1. The number of likely N-dealkylation sites (tertiary alicyclic amines) is 1. The van der Waals surface area contributed by atoms with Gasteiger partial charge in [0.2, 0.25) is 0 Å². The van der Waals surface area contributed by atoms with E-state index in [0.717, 1.165) is 0 Å². The molecule has 11 heteroatoms. The van der Waals surface area contributed by atoms with Crippen molar-refractivity contribution in [3.63, 3.8) is 0 Å². The first-order valence-corrected chi connectivity index (χ1v) is 11.2. The number of hydrogen-bond donors (Lipinski definition) is 2. The Kier molecular flexibility index (Phi) is 7.21. The van der Waals surface area contributed by atoms with Crippen LogP contribution in [0.3, 0.4) is 0 Å². The highest BCUT2D eigenvalue weighted by Gasteiger charge is 2.33. The molecule has 1 aliphatic rings. The van der Waals surface area contributed by atoms with Crippen molar-refractivity contribution >= 4 is 27.6 Å². The van der Waals surface area contributed by atoms with Crippen molar-refractivity contribution in [3.8, 4) is 0 Å². The van der Waals surface area contributed by atoms with Crippen molar-refractivity contribution in [3.05, 3.63) is 54.1 Å². The molecule has 1 atom stereocenters. The molecule has 2 aromatic rings. The summed E-state index contributed by atoms with van der Waals surface area (Å²) in [6, 6.07) is 7.11. The Balaban J connectivity index is 1.61. The first-order valence-electron chi connectivity index (χ1n) is 9.80. The molecule has 0 saturated carbocycles. The lowest BCUT2D eigenvalue weighted by molar-refractivity contribution is 0.262. The van der Waals surface area contributed by atoms with E-state index in [1.165, 1.54) is 41.0 Å². The van der Waals surface area contributed by atoms with Crippen molar-refractivity contribution < 1.29 is 17.6 Å². The molecule has 2 amide bonds. The van der Waals surface area contributed by atoms with Crippen molar-refractivity contribution in [1.82, 2.24) is 18.5 Å². The maximum atomic E-state index is 14.1. The largest absolute Gasteiger partial charge is 0.323 e. The van der Waals surface area contributed by atoms with Crippen molar-refractivity contribution in [2.45, 2.75) is 19.0 Å². The number of hydrogen-bond acceptors (Lipinski definition) is 5. The van der Waals surface area contributed by atoms with Gasteiger partial charge in [-0.1, -0.05) is 0 Å². The lowest BCUT2D eigenvalue weighted by Gasteiger charge is -2.27. The zero-order chi connectivity index (χ0) is 22.6. The van der Waals surface area contributed by atoms with Gasteiger partial charge in [-0.2, -0.15) is 17.0 Å². The summed E-state index contributed by atoms with van der Waals surface area (Å²) >= 11 is 0. The van der Waals surface area contributed by atoms with Gasteiger partial charge in [-0.05, 0) is 42.3 Å². The molecule has 0 aliphatic carbocycles. The van der Waals surface area contributed by atoms with Crippen molar-refractivity contribution in [2.24, 2.45) is 0 Å². The maximum absolute atomic E-state index is 14.1. The van der Waals surface area contributed by atoms with Crippen LogP contribution in [-0.2, 0) is 16.8 Å². The number of carbonyl (C=O) groups is 1. The number of pyridine rings is 1. The van der Waals surface area contributed by atoms with Gasteiger partial charge in [0, 0.05) is 58.7 Å². The summed E-state index contributed by atoms with van der Waals surface area (Å²) in [6.07, 6.45) is 3.80. The lowest BCUT2D eigenvalue weighted by atomic mass is 10.2. The van der Waals surface area contributed by atoms with Gasteiger partial charge in [0.25, 0.3) is 10.2 Å². The van der Waals surface area contributed by atoms with Crippen LogP contribution in [0.1, 0.15) is 12.0 Å². The number of anilines is 2. The fourth-order valence-electron chi connectivity index (χ4n) is 3.50. The molecule has 1 aromatic carbocycles. The average molecular weight is 451 g/mol. The van der Waals surface area contributed by atoms with E-state index in [9.17, 15) is 17.6 Å². The molecule has 0 radical (unpaired) electrons. The fourth-order valence-corrected chi connectivity index (χ4v) is 4.56. The normalized spacial score (nSPS) is 17.3. The van der Waals surface area contributed by atoms with Gasteiger partial charge >= 0.3 is 6.03 Å². The Labute approximate surface area is 182 Å². The van der Waals surface area contributed by atoms with Crippen LogP contribution in [0, 0.1) is 5.82 Å². The molecule has 2 heterocycles. The van der Waals surface area contributed by atoms with E-state index in [-0.39, 0.29) is 6.04 Å².